The lowest BCUT2D eigenvalue weighted by atomic mass is 9.83. The molecular weight excluding hydrogens is 286 g/mol. The van der Waals surface area contributed by atoms with E-state index in [4.69, 9.17) is 5.73 Å². The maximum Gasteiger partial charge on any atom is 0.231 e. The number of nitrogens with zero attached hydrogens (tertiary/aromatic N) is 2. The number of hydrogen-bond donors (Lipinski definition) is 1. The van der Waals surface area contributed by atoms with Crippen molar-refractivity contribution in [2.75, 3.05) is 26.2 Å². The summed E-state index contributed by atoms with van der Waals surface area (Å²) in [6.45, 7) is 4.87. The van der Waals surface area contributed by atoms with Gasteiger partial charge in [-0.2, -0.15) is 0 Å². The molecule has 4 nitrogen and oxygen atoms in total. The standard InChI is InChI=1S/C19H29N3O/c20-19(23)15-22-11-5-4-8-18(22)17-9-12-21(13-10-17)14-16-6-2-1-3-7-16/h1-3,6-7,17-18H,4-5,8-15H2,(H2,20,23). The molecule has 0 aromatic heterocycles. The van der Waals surface area contributed by atoms with Gasteiger partial charge in [-0.1, -0.05) is 36.8 Å². The van der Waals surface area contributed by atoms with Crippen LogP contribution in [0.2, 0.25) is 0 Å². The van der Waals surface area contributed by atoms with Gasteiger partial charge in [0.25, 0.3) is 0 Å². The molecule has 2 saturated heterocycles. The average Bonchev–Trinajstić information content (AvgIpc) is 2.57. The zero-order valence-corrected chi connectivity index (χ0v) is 14.0. The fourth-order valence-electron chi connectivity index (χ4n) is 4.28. The number of hydrogen-bond acceptors (Lipinski definition) is 3. The van der Waals surface area contributed by atoms with Crippen molar-refractivity contribution in [3.8, 4) is 0 Å². The minimum atomic E-state index is -0.182. The Morgan fingerprint density at radius 3 is 2.48 bits per heavy atom. The second-order valence-corrected chi connectivity index (χ2v) is 7.10. The molecule has 4 heteroatoms. The third-order valence-electron chi connectivity index (χ3n) is 5.45. The molecule has 1 amide bonds. The van der Waals surface area contributed by atoms with Crippen molar-refractivity contribution in [1.82, 2.24) is 9.80 Å². The summed E-state index contributed by atoms with van der Waals surface area (Å²) >= 11 is 0. The number of benzene rings is 1. The number of piperidine rings is 2. The highest BCUT2D eigenvalue weighted by atomic mass is 16.1. The molecule has 3 rings (SSSR count). The van der Waals surface area contributed by atoms with Crippen molar-refractivity contribution in [3.63, 3.8) is 0 Å². The van der Waals surface area contributed by atoms with Crippen LogP contribution in [0.1, 0.15) is 37.7 Å². The van der Waals surface area contributed by atoms with Crippen LogP contribution in [0.25, 0.3) is 0 Å². The fourth-order valence-corrected chi connectivity index (χ4v) is 4.28. The van der Waals surface area contributed by atoms with Crippen LogP contribution >= 0.6 is 0 Å². The van der Waals surface area contributed by atoms with E-state index >= 15 is 0 Å². The fraction of sp³-hybridized carbons (Fsp3) is 0.632. The highest BCUT2D eigenvalue weighted by molar-refractivity contribution is 5.76. The smallest absolute Gasteiger partial charge is 0.231 e. The summed E-state index contributed by atoms with van der Waals surface area (Å²) in [4.78, 5) is 16.2. The number of nitrogens with two attached hydrogens (primary N) is 1. The number of amides is 1. The molecule has 1 atom stereocenters. The normalized spacial score (nSPS) is 24.6. The molecule has 0 aliphatic carbocycles. The van der Waals surface area contributed by atoms with E-state index in [0.29, 0.717) is 12.6 Å². The number of carbonyl (C=O) groups excluding carboxylic acids is 1. The third kappa shape index (κ3) is 4.55. The van der Waals surface area contributed by atoms with Crippen LogP contribution in [0.15, 0.2) is 30.3 Å². The second kappa shape index (κ2) is 7.93. The minimum Gasteiger partial charge on any atom is -0.369 e. The topological polar surface area (TPSA) is 49.6 Å². The number of likely N-dealkylation sites (tertiary alicyclic amines) is 2. The van der Waals surface area contributed by atoms with Gasteiger partial charge in [0.2, 0.25) is 5.91 Å². The van der Waals surface area contributed by atoms with Crippen molar-refractivity contribution in [3.05, 3.63) is 35.9 Å². The van der Waals surface area contributed by atoms with Gasteiger partial charge in [0.05, 0.1) is 6.54 Å². The Labute approximate surface area is 139 Å². The molecule has 1 aromatic rings. The lowest BCUT2D eigenvalue weighted by Gasteiger charge is -2.43. The molecule has 2 aliphatic heterocycles. The summed E-state index contributed by atoms with van der Waals surface area (Å²) < 4.78 is 0. The lowest BCUT2D eigenvalue weighted by molar-refractivity contribution is -0.120. The molecule has 0 saturated carbocycles. The summed E-state index contributed by atoms with van der Waals surface area (Å²) in [7, 11) is 0. The molecule has 0 spiro atoms. The first kappa shape index (κ1) is 16.5. The molecule has 2 fully saturated rings. The number of carbonyl (C=O) groups is 1. The van der Waals surface area contributed by atoms with Gasteiger partial charge >= 0.3 is 0 Å². The highest BCUT2D eigenvalue weighted by Gasteiger charge is 2.32. The SMILES string of the molecule is NC(=O)CN1CCCCC1C1CCN(Cc2ccccc2)CC1. The predicted octanol–water partition coefficient (Wildman–Crippen LogP) is 2.24. The van der Waals surface area contributed by atoms with Gasteiger partial charge in [-0.15, -0.1) is 0 Å². The summed E-state index contributed by atoms with van der Waals surface area (Å²) in [6, 6.07) is 11.3. The molecule has 23 heavy (non-hydrogen) atoms. The molecule has 126 valence electrons. The maximum atomic E-state index is 11.3. The summed E-state index contributed by atoms with van der Waals surface area (Å²) in [5.41, 5.74) is 6.84. The van der Waals surface area contributed by atoms with E-state index in [1.807, 2.05) is 0 Å². The number of primary amides is 1. The first-order valence-electron chi connectivity index (χ1n) is 9.01. The van der Waals surface area contributed by atoms with Crippen LogP contribution in [-0.4, -0.2) is 47.9 Å². The van der Waals surface area contributed by atoms with E-state index < -0.39 is 0 Å². The third-order valence-corrected chi connectivity index (χ3v) is 5.45. The van der Waals surface area contributed by atoms with Gasteiger partial charge in [-0.25, -0.2) is 0 Å². The zero-order chi connectivity index (χ0) is 16.1. The van der Waals surface area contributed by atoms with Crippen LogP contribution < -0.4 is 5.73 Å². The highest BCUT2D eigenvalue weighted by Crippen LogP contribution is 2.30. The molecule has 0 bridgehead atoms. The van der Waals surface area contributed by atoms with Crippen LogP contribution in [0.5, 0.6) is 0 Å². The molecule has 2 heterocycles. The maximum absolute atomic E-state index is 11.3. The van der Waals surface area contributed by atoms with Crippen LogP contribution in [-0.2, 0) is 11.3 Å². The molecule has 0 radical (unpaired) electrons. The molecule has 1 unspecified atom stereocenters. The second-order valence-electron chi connectivity index (χ2n) is 7.10. The predicted molar refractivity (Wildman–Crippen MR) is 92.8 cm³/mol. The Hall–Kier alpha value is -1.39. The minimum absolute atomic E-state index is 0.182. The van der Waals surface area contributed by atoms with E-state index in [1.54, 1.807) is 0 Å². The van der Waals surface area contributed by atoms with Gasteiger partial charge in [-0.3, -0.25) is 14.6 Å². The Kier molecular flexibility index (Phi) is 5.68. The van der Waals surface area contributed by atoms with E-state index in [9.17, 15) is 4.79 Å². The average molecular weight is 315 g/mol. The Morgan fingerprint density at radius 1 is 1.04 bits per heavy atom. The van der Waals surface area contributed by atoms with Crippen molar-refractivity contribution in [2.45, 2.75) is 44.7 Å². The zero-order valence-electron chi connectivity index (χ0n) is 14.0. The largest absolute Gasteiger partial charge is 0.369 e. The van der Waals surface area contributed by atoms with Crippen LogP contribution in [0.4, 0.5) is 0 Å². The van der Waals surface area contributed by atoms with Crippen LogP contribution in [0, 0.1) is 5.92 Å². The Bertz CT molecular complexity index is 497. The summed E-state index contributed by atoms with van der Waals surface area (Å²) in [5.74, 6) is 0.542. The van der Waals surface area contributed by atoms with E-state index in [-0.39, 0.29) is 5.91 Å². The monoisotopic (exact) mass is 315 g/mol. The molecule has 2 N–H and O–H groups in total. The first-order chi connectivity index (χ1) is 11.2. The van der Waals surface area contributed by atoms with E-state index in [2.05, 4.69) is 40.1 Å². The first-order valence-corrected chi connectivity index (χ1v) is 9.01. The number of rotatable bonds is 5. The van der Waals surface area contributed by atoms with Gasteiger partial charge in [0, 0.05) is 12.6 Å². The molecule has 2 aliphatic rings. The van der Waals surface area contributed by atoms with E-state index in [1.165, 1.54) is 50.8 Å². The van der Waals surface area contributed by atoms with Crippen molar-refractivity contribution in [2.24, 2.45) is 11.7 Å². The van der Waals surface area contributed by atoms with Gasteiger partial charge in [-0.05, 0) is 56.8 Å². The Morgan fingerprint density at radius 2 is 1.78 bits per heavy atom. The van der Waals surface area contributed by atoms with Crippen molar-refractivity contribution >= 4 is 5.91 Å². The Balaban J connectivity index is 1.52. The quantitative estimate of drug-likeness (QED) is 0.906. The van der Waals surface area contributed by atoms with Crippen molar-refractivity contribution < 1.29 is 4.79 Å². The summed E-state index contributed by atoms with van der Waals surface area (Å²) in [5, 5.41) is 0. The van der Waals surface area contributed by atoms with Gasteiger partial charge < -0.3 is 5.73 Å². The summed E-state index contributed by atoms with van der Waals surface area (Å²) in [6.07, 6.45) is 6.22. The van der Waals surface area contributed by atoms with Crippen LogP contribution in [0.3, 0.4) is 0 Å². The van der Waals surface area contributed by atoms with Gasteiger partial charge in [0.15, 0.2) is 0 Å². The van der Waals surface area contributed by atoms with E-state index in [0.717, 1.165) is 19.0 Å². The van der Waals surface area contributed by atoms with Crippen molar-refractivity contribution in [1.29, 1.82) is 0 Å². The lowest BCUT2D eigenvalue weighted by Crippen LogP contribution is -2.50. The van der Waals surface area contributed by atoms with Gasteiger partial charge in [0.1, 0.15) is 0 Å². The molecular formula is C19H29N3O. The molecule has 1 aromatic carbocycles.